The second-order valence-corrected chi connectivity index (χ2v) is 2.73. The third-order valence-corrected chi connectivity index (χ3v) is 1.49. The van der Waals surface area contributed by atoms with Crippen molar-refractivity contribution in [3.8, 4) is 0 Å². The molecule has 0 spiro atoms. The van der Waals surface area contributed by atoms with E-state index in [4.69, 9.17) is 5.11 Å². The fourth-order valence-corrected chi connectivity index (χ4v) is 0.782. The number of rotatable bonds is 5. The van der Waals surface area contributed by atoms with E-state index >= 15 is 0 Å². The molecule has 0 aliphatic carbocycles. The number of Topliss-reactive ketones (excluding diaryl/α,β-unsaturated/α-hetero) is 1. The maximum absolute atomic E-state index is 10.9. The van der Waals surface area contributed by atoms with Gasteiger partial charge in [0, 0.05) is 0 Å². The van der Waals surface area contributed by atoms with Crippen molar-refractivity contribution in [3.05, 3.63) is 0 Å². The Hall–Kier alpha value is -0.900. The van der Waals surface area contributed by atoms with Crippen molar-refractivity contribution in [1.82, 2.24) is 5.32 Å². The van der Waals surface area contributed by atoms with Gasteiger partial charge in [0.05, 0.1) is 19.1 Å². The summed E-state index contributed by atoms with van der Waals surface area (Å²) < 4.78 is 0. The monoisotopic (exact) mass is 173 g/mol. The van der Waals surface area contributed by atoms with Crippen molar-refractivity contribution in [2.75, 3.05) is 6.61 Å². The van der Waals surface area contributed by atoms with Gasteiger partial charge in [0.25, 0.3) is 0 Å². The molecule has 0 aliphatic rings. The van der Waals surface area contributed by atoms with E-state index in [-0.39, 0.29) is 30.8 Å². The van der Waals surface area contributed by atoms with E-state index in [1.54, 1.807) is 0 Å². The predicted molar refractivity (Wildman–Crippen MR) is 44.6 cm³/mol. The van der Waals surface area contributed by atoms with Crippen molar-refractivity contribution in [1.29, 1.82) is 0 Å². The van der Waals surface area contributed by atoms with Gasteiger partial charge in [-0.25, -0.2) is 0 Å². The van der Waals surface area contributed by atoms with Gasteiger partial charge >= 0.3 is 0 Å². The van der Waals surface area contributed by atoms with Crippen LogP contribution in [0.4, 0.5) is 0 Å². The van der Waals surface area contributed by atoms with E-state index < -0.39 is 0 Å². The Morgan fingerprint density at radius 3 is 2.42 bits per heavy atom. The van der Waals surface area contributed by atoms with Gasteiger partial charge in [-0.3, -0.25) is 9.59 Å². The molecule has 0 rings (SSSR count). The fourth-order valence-electron chi connectivity index (χ4n) is 0.782. The lowest BCUT2D eigenvalue weighted by Gasteiger charge is -2.12. The van der Waals surface area contributed by atoms with Crippen LogP contribution >= 0.6 is 0 Å². The van der Waals surface area contributed by atoms with Crippen LogP contribution in [0, 0.1) is 0 Å². The van der Waals surface area contributed by atoms with E-state index in [2.05, 4.69) is 5.32 Å². The molecule has 1 atom stereocenters. The van der Waals surface area contributed by atoms with Gasteiger partial charge in [0.15, 0.2) is 0 Å². The summed E-state index contributed by atoms with van der Waals surface area (Å²) in [7, 11) is 0. The molecule has 0 aliphatic heterocycles. The Labute approximate surface area is 72.0 Å². The van der Waals surface area contributed by atoms with E-state index in [0.29, 0.717) is 6.42 Å². The first-order chi connectivity index (χ1) is 5.60. The van der Waals surface area contributed by atoms with Crippen molar-refractivity contribution < 1.29 is 14.7 Å². The molecule has 0 radical (unpaired) electrons. The largest absolute Gasteiger partial charge is 0.394 e. The summed E-state index contributed by atoms with van der Waals surface area (Å²) in [5, 5.41) is 11.2. The van der Waals surface area contributed by atoms with Gasteiger partial charge in [-0.2, -0.15) is 0 Å². The molecular weight excluding hydrogens is 158 g/mol. The van der Waals surface area contributed by atoms with Gasteiger partial charge in [-0.05, 0) is 13.3 Å². The highest BCUT2D eigenvalue weighted by molar-refractivity contribution is 5.96. The second kappa shape index (κ2) is 5.71. The zero-order chi connectivity index (χ0) is 9.56. The first kappa shape index (κ1) is 11.1. The number of hydrogen-bond acceptors (Lipinski definition) is 3. The number of nitrogens with one attached hydrogen (secondary N) is 1. The van der Waals surface area contributed by atoms with Crippen molar-refractivity contribution in [2.45, 2.75) is 32.7 Å². The molecule has 0 aromatic carbocycles. The van der Waals surface area contributed by atoms with E-state index in [1.807, 2.05) is 6.92 Å². The molecule has 0 bridgehead atoms. The Morgan fingerprint density at radius 1 is 1.50 bits per heavy atom. The van der Waals surface area contributed by atoms with Gasteiger partial charge in [0.1, 0.15) is 5.78 Å². The normalized spacial score (nSPS) is 12.2. The van der Waals surface area contributed by atoms with E-state index in [1.165, 1.54) is 6.92 Å². The Balaban J connectivity index is 3.74. The molecule has 0 fully saturated rings. The Bertz CT molecular complexity index is 164. The summed E-state index contributed by atoms with van der Waals surface area (Å²) in [5.74, 6) is -0.483. The van der Waals surface area contributed by atoms with Crippen molar-refractivity contribution in [2.24, 2.45) is 0 Å². The molecule has 70 valence electrons. The molecule has 4 heteroatoms. The lowest BCUT2D eigenvalue weighted by Crippen LogP contribution is -2.37. The Morgan fingerprint density at radius 2 is 2.08 bits per heavy atom. The summed E-state index contributed by atoms with van der Waals surface area (Å²) in [4.78, 5) is 21.4. The number of carbonyl (C=O) groups excluding carboxylic acids is 2. The molecule has 0 heterocycles. The van der Waals surface area contributed by atoms with Gasteiger partial charge in [-0.15, -0.1) is 0 Å². The second-order valence-electron chi connectivity index (χ2n) is 2.73. The van der Waals surface area contributed by atoms with Gasteiger partial charge < -0.3 is 10.4 Å². The van der Waals surface area contributed by atoms with E-state index in [0.717, 1.165) is 0 Å². The van der Waals surface area contributed by atoms with Crippen LogP contribution in [0.2, 0.25) is 0 Å². The van der Waals surface area contributed by atoms with Crippen molar-refractivity contribution >= 4 is 11.7 Å². The first-order valence-corrected chi connectivity index (χ1v) is 3.99. The first-order valence-electron chi connectivity index (χ1n) is 3.99. The maximum Gasteiger partial charge on any atom is 0.227 e. The topological polar surface area (TPSA) is 66.4 Å². The minimum Gasteiger partial charge on any atom is -0.394 e. The molecule has 0 aromatic heterocycles. The summed E-state index contributed by atoms with van der Waals surface area (Å²) in [6.45, 7) is 3.13. The third kappa shape index (κ3) is 4.85. The van der Waals surface area contributed by atoms with Crippen LogP contribution in [0.15, 0.2) is 0 Å². The van der Waals surface area contributed by atoms with Gasteiger partial charge in [0.2, 0.25) is 5.91 Å². The lowest BCUT2D eigenvalue weighted by molar-refractivity contribution is -0.127. The fraction of sp³-hybridized carbons (Fsp3) is 0.750. The molecule has 2 N–H and O–H groups in total. The maximum atomic E-state index is 10.9. The molecule has 12 heavy (non-hydrogen) atoms. The number of amides is 1. The molecule has 0 saturated heterocycles. The van der Waals surface area contributed by atoms with Gasteiger partial charge in [-0.1, -0.05) is 6.92 Å². The average molecular weight is 173 g/mol. The molecule has 1 amide bonds. The van der Waals surface area contributed by atoms with Crippen LogP contribution < -0.4 is 5.32 Å². The zero-order valence-electron chi connectivity index (χ0n) is 7.46. The molecule has 0 saturated carbocycles. The number of ketones is 1. The highest BCUT2D eigenvalue weighted by Gasteiger charge is 2.09. The van der Waals surface area contributed by atoms with E-state index in [9.17, 15) is 9.59 Å². The Kier molecular flexibility index (Phi) is 5.28. The number of aliphatic hydroxyl groups excluding tert-OH is 1. The van der Waals surface area contributed by atoms with Crippen LogP contribution in [0.5, 0.6) is 0 Å². The highest BCUT2D eigenvalue weighted by atomic mass is 16.3. The minimum atomic E-state index is -0.316. The summed E-state index contributed by atoms with van der Waals surface area (Å²) in [6, 6.07) is -0.225. The van der Waals surface area contributed by atoms with Crippen LogP contribution in [-0.2, 0) is 9.59 Å². The predicted octanol–water partition coefficient (Wildman–Crippen LogP) is -0.147. The lowest BCUT2D eigenvalue weighted by atomic mass is 10.2. The van der Waals surface area contributed by atoms with Crippen molar-refractivity contribution in [3.63, 3.8) is 0 Å². The summed E-state index contributed by atoms with van der Waals surface area (Å²) >= 11 is 0. The third-order valence-electron chi connectivity index (χ3n) is 1.49. The molecule has 1 unspecified atom stereocenters. The number of aliphatic hydroxyl groups is 1. The standard InChI is InChI=1S/C8H15NO3/c1-3-7(5-10)9-8(12)4-6(2)11/h7,10H,3-5H2,1-2H3,(H,9,12). The molecular formula is C8H15NO3. The highest BCUT2D eigenvalue weighted by Crippen LogP contribution is 1.90. The smallest absolute Gasteiger partial charge is 0.227 e. The average Bonchev–Trinajstić information content (AvgIpc) is 1.98. The summed E-state index contributed by atoms with van der Waals surface area (Å²) in [5.41, 5.74) is 0. The zero-order valence-corrected chi connectivity index (χ0v) is 7.46. The minimum absolute atomic E-state index is 0.0832. The number of carbonyl (C=O) groups is 2. The van der Waals surface area contributed by atoms with Crippen LogP contribution in [-0.4, -0.2) is 29.4 Å². The van der Waals surface area contributed by atoms with Crippen LogP contribution in [0.3, 0.4) is 0 Å². The van der Waals surface area contributed by atoms with Crippen LogP contribution in [0.1, 0.15) is 26.7 Å². The molecule has 0 aromatic rings. The number of hydrogen-bond donors (Lipinski definition) is 2. The SMILES string of the molecule is CCC(CO)NC(=O)CC(C)=O. The summed E-state index contributed by atoms with van der Waals surface area (Å²) in [6.07, 6.45) is 0.566. The molecule has 4 nitrogen and oxygen atoms in total. The van der Waals surface area contributed by atoms with Crippen LogP contribution in [0.25, 0.3) is 0 Å². The quantitative estimate of drug-likeness (QED) is 0.568.